The molecule has 2 nitrogen and oxygen atoms in total. The number of para-hydroxylation sites is 3. The summed E-state index contributed by atoms with van der Waals surface area (Å²) < 4.78 is 2.48. The van der Waals surface area contributed by atoms with Crippen LogP contribution in [0.4, 0.5) is 17.1 Å². The number of benzene rings is 10. The Morgan fingerprint density at radius 2 is 0.803 bits per heavy atom. The summed E-state index contributed by atoms with van der Waals surface area (Å²) in [6.07, 6.45) is 0. The van der Waals surface area contributed by atoms with Crippen LogP contribution in [0.3, 0.4) is 0 Å². The van der Waals surface area contributed by atoms with Crippen molar-refractivity contribution in [2.24, 2.45) is 0 Å². The SMILES string of the molecule is c1ccc(N(c2ccccc2)c2ccc3c4ccccc4n(-c4ccc(-c5ccc6c(c5)-c5ccccc5C65c6ccccc6-c6ccccc65)c5ccccc45)c3c2)cc1. The summed E-state index contributed by atoms with van der Waals surface area (Å²) in [6.45, 7) is 0. The van der Waals surface area contributed by atoms with Crippen LogP contribution in [-0.4, -0.2) is 4.57 Å². The van der Waals surface area contributed by atoms with E-state index in [2.05, 4.69) is 240 Å². The fourth-order valence-corrected chi connectivity index (χ4v) is 11.0. The highest BCUT2D eigenvalue weighted by Crippen LogP contribution is 2.63. The maximum Gasteiger partial charge on any atom is 0.0725 e. The Kier molecular flexibility index (Phi) is 7.26. The Morgan fingerprint density at radius 1 is 0.295 bits per heavy atom. The quantitative estimate of drug-likeness (QED) is 0.169. The van der Waals surface area contributed by atoms with Gasteiger partial charge in [-0.15, -0.1) is 0 Å². The van der Waals surface area contributed by atoms with E-state index in [4.69, 9.17) is 0 Å². The van der Waals surface area contributed by atoms with Crippen LogP contribution in [-0.2, 0) is 5.41 Å². The fourth-order valence-electron chi connectivity index (χ4n) is 11.0. The van der Waals surface area contributed by atoms with E-state index < -0.39 is 0 Å². The second-order valence-electron chi connectivity index (χ2n) is 16.4. The third-order valence-corrected chi connectivity index (χ3v) is 13.4. The topological polar surface area (TPSA) is 8.17 Å². The van der Waals surface area contributed by atoms with Crippen molar-refractivity contribution in [3.05, 3.63) is 253 Å². The first-order chi connectivity index (χ1) is 30.3. The van der Waals surface area contributed by atoms with Gasteiger partial charge in [0.25, 0.3) is 0 Å². The molecule has 284 valence electrons. The molecule has 1 aromatic heterocycles. The highest BCUT2D eigenvalue weighted by Gasteiger charge is 2.51. The lowest BCUT2D eigenvalue weighted by Gasteiger charge is -2.30. The van der Waals surface area contributed by atoms with Gasteiger partial charge in [-0.05, 0) is 116 Å². The Hall–Kier alpha value is -7.94. The molecule has 0 aliphatic heterocycles. The number of rotatable bonds is 5. The molecule has 10 aromatic carbocycles. The molecule has 0 atom stereocenters. The van der Waals surface area contributed by atoms with E-state index in [1.807, 2.05) is 0 Å². The Bertz CT molecular complexity index is 3460. The molecule has 2 aliphatic rings. The maximum atomic E-state index is 2.48. The van der Waals surface area contributed by atoms with E-state index in [0.29, 0.717) is 0 Å². The van der Waals surface area contributed by atoms with Gasteiger partial charge in [-0.25, -0.2) is 0 Å². The number of nitrogens with zero attached hydrogens (tertiary/aromatic N) is 2. The van der Waals surface area contributed by atoms with Crippen molar-refractivity contribution >= 4 is 49.6 Å². The first-order valence-corrected chi connectivity index (χ1v) is 21.2. The van der Waals surface area contributed by atoms with Crippen LogP contribution < -0.4 is 4.90 Å². The van der Waals surface area contributed by atoms with Gasteiger partial charge < -0.3 is 9.47 Å². The van der Waals surface area contributed by atoms with E-state index >= 15 is 0 Å². The molecule has 0 saturated carbocycles. The van der Waals surface area contributed by atoms with Gasteiger partial charge in [-0.2, -0.15) is 0 Å². The van der Waals surface area contributed by atoms with Crippen LogP contribution in [0, 0.1) is 0 Å². The van der Waals surface area contributed by atoms with E-state index in [-0.39, 0.29) is 5.41 Å². The van der Waals surface area contributed by atoms with Crippen molar-refractivity contribution < 1.29 is 0 Å². The van der Waals surface area contributed by atoms with Gasteiger partial charge in [-0.3, -0.25) is 0 Å². The van der Waals surface area contributed by atoms with Gasteiger partial charge >= 0.3 is 0 Å². The first kappa shape index (κ1) is 34.0. The van der Waals surface area contributed by atoms with Crippen LogP contribution in [0.25, 0.3) is 71.6 Å². The van der Waals surface area contributed by atoms with Gasteiger partial charge in [0.05, 0.1) is 22.1 Å². The van der Waals surface area contributed by atoms with Gasteiger partial charge in [-0.1, -0.05) is 176 Å². The number of hydrogen-bond acceptors (Lipinski definition) is 1. The summed E-state index contributed by atoms with van der Waals surface area (Å²) in [4.78, 5) is 2.35. The van der Waals surface area contributed by atoms with Gasteiger partial charge in [0, 0.05) is 33.2 Å². The smallest absolute Gasteiger partial charge is 0.0725 e. The minimum Gasteiger partial charge on any atom is -0.310 e. The molecule has 2 heteroatoms. The van der Waals surface area contributed by atoms with Crippen molar-refractivity contribution in [1.29, 1.82) is 0 Å². The predicted octanol–water partition coefficient (Wildman–Crippen LogP) is 15.4. The number of hydrogen-bond donors (Lipinski definition) is 0. The molecule has 61 heavy (non-hydrogen) atoms. The molecular weight excluding hydrogens is 737 g/mol. The van der Waals surface area contributed by atoms with E-state index in [1.165, 1.54) is 93.9 Å². The van der Waals surface area contributed by atoms with Gasteiger partial charge in [0.1, 0.15) is 0 Å². The Labute approximate surface area is 354 Å². The summed E-state index contributed by atoms with van der Waals surface area (Å²) in [6, 6.07) is 85.1. The number of aromatic nitrogens is 1. The Morgan fingerprint density at radius 3 is 1.46 bits per heavy atom. The fraction of sp³-hybridized carbons (Fsp3) is 0.0169. The minimum atomic E-state index is -0.352. The largest absolute Gasteiger partial charge is 0.310 e. The van der Waals surface area contributed by atoms with Gasteiger partial charge in [0.2, 0.25) is 0 Å². The molecule has 0 amide bonds. The first-order valence-electron chi connectivity index (χ1n) is 21.2. The van der Waals surface area contributed by atoms with Crippen LogP contribution in [0.15, 0.2) is 231 Å². The lowest BCUT2D eigenvalue weighted by molar-refractivity contribution is 0.794. The molecular formula is C59H38N2. The van der Waals surface area contributed by atoms with E-state index in [9.17, 15) is 0 Å². The van der Waals surface area contributed by atoms with Crippen LogP contribution in [0.1, 0.15) is 22.3 Å². The van der Waals surface area contributed by atoms with Gasteiger partial charge in [0.15, 0.2) is 0 Å². The van der Waals surface area contributed by atoms with Crippen LogP contribution in [0.2, 0.25) is 0 Å². The molecule has 0 N–H and O–H groups in total. The maximum absolute atomic E-state index is 2.48. The molecule has 11 aromatic rings. The zero-order valence-electron chi connectivity index (χ0n) is 33.3. The molecule has 1 spiro atoms. The highest BCUT2D eigenvalue weighted by atomic mass is 15.1. The van der Waals surface area contributed by atoms with Crippen molar-refractivity contribution in [3.8, 4) is 39.1 Å². The molecule has 0 unspecified atom stereocenters. The van der Waals surface area contributed by atoms with Crippen molar-refractivity contribution in [2.75, 3.05) is 4.90 Å². The predicted molar refractivity (Wildman–Crippen MR) is 255 cm³/mol. The molecule has 0 radical (unpaired) electrons. The zero-order valence-corrected chi connectivity index (χ0v) is 33.3. The van der Waals surface area contributed by atoms with Crippen molar-refractivity contribution in [2.45, 2.75) is 5.41 Å². The molecule has 0 saturated heterocycles. The van der Waals surface area contributed by atoms with Crippen LogP contribution >= 0.6 is 0 Å². The monoisotopic (exact) mass is 774 g/mol. The Balaban J connectivity index is 1.01. The molecule has 0 fully saturated rings. The molecule has 13 rings (SSSR count). The van der Waals surface area contributed by atoms with Crippen molar-refractivity contribution in [3.63, 3.8) is 0 Å². The normalized spacial score (nSPS) is 13.0. The summed E-state index contributed by atoms with van der Waals surface area (Å²) in [5.74, 6) is 0. The summed E-state index contributed by atoms with van der Waals surface area (Å²) >= 11 is 0. The van der Waals surface area contributed by atoms with Crippen LogP contribution in [0.5, 0.6) is 0 Å². The lowest BCUT2D eigenvalue weighted by Crippen LogP contribution is -2.25. The molecule has 2 aliphatic carbocycles. The highest BCUT2D eigenvalue weighted by molar-refractivity contribution is 6.13. The third kappa shape index (κ3) is 4.73. The second kappa shape index (κ2) is 13.0. The number of fused-ring (bicyclic) bond motifs is 14. The summed E-state index contributed by atoms with van der Waals surface area (Å²) in [5.41, 5.74) is 19.7. The van der Waals surface area contributed by atoms with E-state index in [0.717, 1.165) is 17.1 Å². The summed E-state index contributed by atoms with van der Waals surface area (Å²) in [7, 11) is 0. The van der Waals surface area contributed by atoms with Crippen molar-refractivity contribution in [1.82, 2.24) is 4.57 Å². The molecule has 0 bridgehead atoms. The molecule has 1 heterocycles. The standard InChI is InChI=1S/C59H38N2/c1-3-17-40(18-4-1)60(41-19-5-2-6-20-41)42-32-33-50-49-26-12-16-30-56(49)61(58(50)38-42)57-36-34-43(44-21-7-8-25-48(44)57)39-31-35-55-51(37-39)47-24-11-15-29-54(47)59(55)52-27-13-9-22-45(52)46-23-10-14-28-53(46)59/h1-38H. The lowest BCUT2D eigenvalue weighted by atomic mass is 9.70. The zero-order chi connectivity index (χ0) is 40.1. The average Bonchev–Trinajstić information content (AvgIpc) is 3.93. The number of anilines is 3. The minimum absolute atomic E-state index is 0.352. The third-order valence-electron chi connectivity index (χ3n) is 13.4. The average molecular weight is 775 g/mol. The van der Waals surface area contributed by atoms with E-state index in [1.54, 1.807) is 0 Å². The summed E-state index contributed by atoms with van der Waals surface area (Å²) in [5, 5.41) is 4.92. The second-order valence-corrected chi connectivity index (χ2v) is 16.4.